The van der Waals surface area contributed by atoms with Crippen molar-refractivity contribution >= 4 is 21.7 Å². The van der Waals surface area contributed by atoms with Crippen LogP contribution in [0.3, 0.4) is 0 Å². The van der Waals surface area contributed by atoms with Crippen molar-refractivity contribution in [2.24, 2.45) is 0 Å². The molecule has 0 amide bonds. The predicted octanol–water partition coefficient (Wildman–Crippen LogP) is 4.86. The van der Waals surface area contributed by atoms with E-state index < -0.39 is 0 Å². The Morgan fingerprint density at radius 2 is 1.55 bits per heavy atom. The van der Waals surface area contributed by atoms with E-state index in [2.05, 4.69) is 53.5 Å². The summed E-state index contributed by atoms with van der Waals surface area (Å²) in [5, 5.41) is 3.61. The van der Waals surface area contributed by atoms with E-state index in [-0.39, 0.29) is 0 Å². The van der Waals surface area contributed by atoms with E-state index >= 15 is 0 Å². The molecule has 4 rings (SSSR count). The predicted molar refractivity (Wildman–Crippen MR) is 83.5 cm³/mol. The fraction of sp³-hybridized carbons (Fsp3) is 0. The summed E-state index contributed by atoms with van der Waals surface area (Å²) >= 11 is 0. The van der Waals surface area contributed by atoms with Crippen LogP contribution in [-0.4, -0.2) is 4.98 Å². The molecule has 0 bridgehead atoms. The monoisotopic (exact) mass is 254 g/mol. The summed E-state index contributed by atoms with van der Waals surface area (Å²) in [5.74, 6) is 0. The first-order valence-electron chi connectivity index (χ1n) is 6.67. The van der Waals surface area contributed by atoms with E-state index in [1.165, 1.54) is 21.7 Å². The van der Waals surface area contributed by atoms with Crippen molar-refractivity contribution < 1.29 is 0 Å². The van der Waals surface area contributed by atoms with Gasteiger partial charge in [-0.3, -0.25) is 4.98 Å². The van der Waals surface area contributed by atoms with Crippen LogP contribution < -0.4 is 0 Å². The molecule has 0 unspecified atom stereocenters. The molecule has 0 atom stereocenters. The smallest absolute Gasteiger partial charge is 0.0708 e. The van der Waals surface area contributed by atoms with Gasteiger partial charge in [-0.25, -0.2) is 0 Å². The van der Waals surface area contributed by atoms with Gasteiger partial charge in [-0.2, -0.15) is 0 Å². The average Bonchev–Trinajstić information content (AvgIpc) is 2.55. The molecule has 0 saturated carbocycles. The summed E-state index contributed by atoms with van der Waals surface area (Å²) in [6.45, 7) is 0. The Balaban J connectivity index is 2.12. The lowest BCUT2D eigenvalue weighted by Gasteiger charge is -2.08. The van der Waals surface area contributed by atoms with Crippen molar-refractivity contribution in [3.8, 4) is 11.1 Å². The van der Waals surface area contributed by atoms with Crippen molar-refractivity contribution in [1.29, 1.82) is 0 Å². The minimum absolute atomic E-state index is 1.04. The van der Waals surface area contributed by atoms with Crippen LogP contribution in [0.15, 0.2) is 72.9 Å². The maximum atomic E-state index is 4.58. The van der Waals surface area contributed by atoms with Gasteiger partial charge >= 0.3 is 0 Å². The van der Waals surface area contributed by atoms with Crippen LogP contribution in [-0.2, 0) is 0 Å². The van der Waals surface area contributed by atoms with Gasteiger partial charge in [-0.15, -0.1) is 0 Å². The molecule has 0 saturated heterocycles. The van der Waals surface area contributed by atoms with Crippen LogP contribution in [0.2, 0.25) is 0 Å². The minimum Gasteiger partial charge on any atom is -0.256 e. The Hall–Kier alpha value is -2.67. The molecule has 1 heteroatoms. The van der Waals surface area contributed by atoms with Crippen molar-refractivity contribution in [1.82, 2.24) is 4.98 Å². The normalized spacial score (nSPS) is 11.0. The summed E-state index contributed by atoms with van der Waals surface area (Å²) in [5.41, 5.74) is 3.32. The lowest BCUT2D eigenvalue weighted by atomic mass is 9.97. The van der Waals surface area contributed by atoms with Gasteiger partial charge in [0.05, 0.1) is 5.52 Å². The van der Waals surface area contributed by atoms with Gasteiger partial charge in [0.2, 0.25) is 0 Å². The number of hydrogen-bond acceptors (Lipinski definition) is 1. The zero-order valence-electron chi connectivity index (χ0n) is 10.9. The number of hydrogen-bond donors (Lipinski definition) is 0. The molecule has 3 aromatic carbocycles. The number of para-hydroxylation sites is 1. The Morgan fingerprint density at radius 3 is 2.45 bits per heavy atom. The number of rotatable bonds is 1. The molecule has 1 aromatic heterocycles. The SMILES string of the molecule is [c]1ccccc1-c1cccc2c1cnc1ccccc12. The number of fused-ring (bicyclic) bond motifs is 3. The second kappa shape index (κ2) is 4.46. The molecule has 20 heavy (non-hydrogen) atoms. The van der Waals surface area contributed by atoms with Crippen molar-refractivity contribution in [2.45, 2.75) is 0 Å². The Bertz CT molecular complexity index is 895. The summed E-state index contributed by atoms with van der Waals surface area (Å²) in [6.07, 6.45) is 1.97. The number of nitrogens with zero attached hydrogens (tertiary/aromatic N) is 1. The first-order chi connectivity index (χ1) is 9.93. The molecule has 0 aliphatic heterocycles. The van der Waals surface area contributed by atoms with Crippen molar-refractivity contribution in [3.63, 3.8) is 0 Å². The molecule has 0 aliphatic carbocycles. The molecule has 0 N–H and O–H groups in total. The average molecular weight is 254 g/mol. The van der Waals surface area contributed by atoms with Crippen LogP contribution in [0, 0.1) is 6.07 Å². The van der Waals surface area contributed by atoms with Gasteiger partial charge in [-0.05, 0) is 28.6 Å². The summed E-state index contributed by atoms with van der Waals surface area (Å²) in [4.78, 5) is 4.58. The summed E-state index contributed by atoms with van der Waals surface area (Å²) < 4.78 is 0. The quantitative estimate of drug-likeness (QED) is 0.442. The molecular weight excluding hydrogens is 242 g/mol. The highest BCUT2D eigenvalue weighted by Gasteiger charge is 2.06. The molecule has 0 aliphatic rings. The van der Waals surface area contributed by atoms with E-state index in [9.17, 15) is 0 Å². The Kier molecular flexibility index (Phi) is 2.49. The highest BCUT2D eigenvalue weighted by Crippen LogP contribution is 2.31. The second-order valence-corrected chi connectivity index (χ2v) is 4.82. The second-order valence-electron chi connectivity index (χ2n) is 4.82. The number of benzene rings is 3. The lowest BCUT2D eigenvalue weighted by Crippen LogP contribution is -1.85. The first-order valence-corrected chi connectivity index (χ1v) is 6.67. The third-order valence-corrected chi connectivity index (χ3v) is 3.63. The zero-order chi connectivity index (χ0) is 13.4. The molecule has 93 valence electrons. The van der Waals surface area contributed by atoms with E-state index in [1.807, 2.05) is 30.5 Å². The van der Waals surface area contributed by atoms with Gasteiger partial charge in [0.15, 0.2) is 0 Å². The van der Waals surface area contributed by atoms with Crippen LogP contribution >= 0.6 is 0 Å². The third-order valence-electron chi connectivity index (χ3n) is 3.63. The van der Waals surface area contributed by atoms with E-state index in [0.717, 1.165) is 11.1 Å². The van der Waals surface area contributed by atoms with Crippen LogP contribution in [0.4, 0.5) is 0 Å². The van der Waals surface area contributed by atoms with Gasteiger partial charge in [0, 0.05) is 17.0 Å². The molecule has 1 heterocycles. The molecule has 4 aromatic rings. The van der Waals surface area contributed by atoms with Gasteiger partial charge in [0.25, 0.3) is 0 Å². The fourth-order valence-electron chi connectivity index (χ4n) is 2.68. The summed E-state index contributed by atoms with van der Waals surface area (Å²) in [6, 6.07) is 26.0. The molecule has 0 spiro atoms. The highest BCUT2D eigenvalue weighted by molar-refractivity contribution is 6.10. The highest BCUT2D eigenvalue weighted by atomic mass is 14.6. The van der Waals surface area contributed by atoms with Gasteiger partial charge in [-0.1, -0.05) is 60.7 Å². The largest absolute Gasteiger partial charge is 0.256 e. The maximum absolute atomic E-state index is 4.58. The third kappa shape index (κ3) is 1.68. The van der Waals surface area contributed by atoms with Crippen molar-refractivity contribution in [3.05, 3.63) is 79.0 Å². The van der Waals surface area contributed by atoms with Gasteiger partial charge in [0.1, 0.15) is 0 Å². The Morgan fingerprint density at radius 1 is 0.700 bits per heavy atom. The van der Waals surface area contributed by atoms with Gasteiger partial charge < -0.3 is 0 Å². The lowest BCUT2D eigenvalue weighted by molar-refractivity contribution is 1.44. The van der Waals surface area contributed by atoms with E-state index in [0.29, 0.717) is 0 Å². The van der Waals surface area contributed by atoms with Crippen molar-refractivity contribution in [2.75, 3.05) is 0 Å². The standard InChI is InChI=1S/C19H12N/c1-2-7-14(8-3-1)15-10-6-11-16-17-9-4-5-12-19(17)20-13-18(15)16/h1-7,9-13H. The molecule has 1 radical (unpaired) electrons. The van der Waals surface area contributed by atoms with Crippen LogP contribution in [0.1, 0.15) is 0 Å². The van der Waals surface area contributed by atoms with Crippen LogP contribution in [0.5, 0.6) is 0 Å². The Labute approximate surface area is 117 Å². The van der Waals surface area contributed by atoms with Crippen LogP contribution in [0.25, 0.3) is 32.8 Å². The van der Waals surface area contributed by atoms with E-state index in [4.69, 9.17) is 0 Å². The topological polar surface area (TPSA) is 12.9 Å². The maximum Gasteiger partial charge on any atom is 0.0708 e. The zero-order valence-corrected chi connectivity index (χ0v) is 10.9. The van der Waals surface area contributed by atoms with E-state index in [1.54, 1.807) is 0 Å². The minimum atomic E-state index is 1.04. The number of aromatic nitrogens is 1. The summed E-state index contributed by atoms with van der Waals surface area (Å²) in [7, 11) is 0. The first kappa shape index (κ1) is 11.2. The fourth-order valence-corrected chi connectivity index (χ4v) is 2.68. The molecule has 0 fully saturated rings. The molecular formula is C19H12N. The number of pyridine rings is 1. The molecule has 1 nitrogen and oxygen atoms in total.